The van der Waals surface area contributed by atoms with Gasteiger partial charge in [-0.05, 0) is 67.6 Å². The smallest absolute Gasteiger partial charge is 0.253 e. The van der Waals surface area contributed by atoms with E-state index in [1.165, 1.54) is 11.3 Å². The molecule has 1 saturated heterocycles. The highest BCUT2D eigenvalue weighted by Crippen LogP contribution is 2.31. The third-order valence-electron chi connectivity index (χ3n) is 6.78. The quantitative estimate of drug-likeness (QED) is 0.680. The molecule has 5 rings (SSSR count). The molecule has 2 N–H and O–H groups in total. The van der Waals surface area contributed by atoms with E-state index in [2.05, 4.69) is 41.2 Å². The average molecular weight is 428 g/mol. The Bertz CT molecular complexity index is 1100. The molecule has 6 nitrogen and oxygen atoms in total. The van der Waals surface area contributed by atoms with Crippen LogP contribution in [0.5, 0.6) is 0 Å². The van der Waals surface area contributed by atoms with E-state index in [4.69, 9.17) is 10.7 Å². The first-order valence-corrected chi connectivity index (χ1v) is 11.4. The Labute approximate surface area is 189 Å². The molecule has 0 radical (unpaired) electrons. The second kappa shape index (κ2) is 8.61. The number of piperidine rings is 1. The second-order valence-corrected chi connectivity index (χ2v) is 8.88. The number of carbonyl (C=O) groups is 1. The van der Waals surface area contributed by atoms with Gasteiger partial charge in [0.05, 0.1) is 0 Å². The standard InChI is InChI=1S/C26H29N5O/c1-30-12-2-3-19-15-20(5-8-24(19)30)26(32)31-13-10-18(11-14-31)23-7-4-21(16-28-23)22-6-9-25(27)29-17-22/h4-9,15-18H,2-3,10-14H2,1H3,(H2,27,29). The molecule has 32 heavy (non-hydrogen) atoms. The summed E-state index contributed by atoms with van der Waals surface area (Å²) in [7, 11) is 2.12. The summed E-state index contributed by atoms with van der Waals surface area (Å²) in [6, 6.07) is 14.2. The van der Waals surface area contributed by atoms with Gasteiger partial charge < -0.3 is 15.5 Å². The summed E-state index contributed by atoms with van der Waals surface area (Å²) >= 11 is 0. The summed E-state index contributed by atoms with van der Waals surface area (Å²) in [5.74, 6) is 1.05. The van der Waals surface area contributed by atoms with E-state index in [1.807, 2.05) is 23.2 Å². The lowest BCUT2D eigenvalue weighted by Gasteiger charge is -2.32. The van der Waals surface area contributed by atoms with Gasteiger partial charge in [0.15, 0.2) is 0 Å². The van der Waals surface area contributed by atoms with Crippen molar-refractivity contribution < 1.29 is 4.79 Å². The summed E-state index contributed by atoms with van der Waals surface area (Å²) < 4.78 is 0. The number of fused-ring (bicyclic) bond motifs is 1. The maximum absolute atomic E-state index is 13.1. The van der Waals surface area contributed by atoms with Gasteiger partial charge in [0.2, 0.25) is 0 Å². The Hall–Kier alpha value is -3.41. The van der Waals surface area contributed by atoms with Crippen LogP contribution in [-0.4, -0.2) is 47.5 Å². The normalized spacial score (nSPS) is 16.7. The predicted octanol–water partition coefficient (Wildman–Crippen LogP) is 4.13. The second-order valence-electron chi connectivity index (χ2n) is 8.88. The van der Waals surface area contributed by atoms with Gasteiger partial charge in [-0.25, -0.2) is 4.98 Å². The van der Waals surface area contributed by atoms with Crippen molar-refractivity contribution in [2.45, 2.75) is 31.6 Å². The van der Waals surface area contributed by atoms with Gasteiger partial charge in [0, 0.05) is 73.1 Å². The molecule has 0 aliphatic carbocycles. The van der Waals surface area contributed by atoms with E-state index >= 15 is 0 Å². The van der Waals surface area contributed by atoms with Crippen LogP contribution in [-0.2, 0) is 6.42 Å². The summed E-state index contributed by atoms with van der Waals surface area (Å²) in [5.41, 5.74) is 12.2. The Balaban J connectivity index is 1.22. The summed E-state index contributed by atoms with van der Waals surface area (Å²) in [5, 5.41) is 0. The highest BCUT2D eigenvalue weighted by atomic mass is 16.2. The Morgan fingerprint density at radius 1 is 0.969 bits per heavy atom. The Kier molecular flexibility index (Phi) is 5.52. The van der Waals surface area contributed by atoms with E-state index in [0.29, 0.717) is 11.7 Å². The van der Waals surface area contributed by atoms with Crippen molar-refractivity contribution in [3.8, 4) is 11.1 Å². The molecule has 3 aromatic rings. The molecule has 6 heteroatoms. The van der Waals surface area contributed by atoms with Crippen molar-refractivity contribution in [3.63, 3.8) is 0 Å². The molecule has 0 bridgehead atoms. The molecular formula is C26H29N5O. The molecule has 2 aromatic heterocycles. The number of amides is 1. The molecule has 2 aliphatic rings. The fourth-order valence-electron chi connectivity index (χ4n) is 4.87. The number of likely N-dealkylation sites (tertiary alicyclic amines) is 1. The summed E-state index contributed by atoms with van der Waals surface area (Å²) in [4.78, 5) is 26.3. The van der Waals surface area contributed by atoms with Gasteiger partial charge in [-0.2, -0.15) is 0 Å². The molecule has 1 fully saturated rings. The number of carbonyl (C=O) groups excluding carboxylic acids is 1. The number of hydrogen-bond donors (Lipinski definition) is 1. The monoisotopic (exact) mass is 427 g/mol. The van der Waals surface area contributed by atoms with Gasteiger partial charge in [0.25, 0.3) is 5.91 Å². The van der Waals surface area contributed by atoms with Crippen LogP contribution in [0.25, 0.3) is 11.1 Å². The molecular weight excluding hydrogens is 398 g/mol. The number of pyridine rings is 2. The molecule has 0 saturated carbocycles. The maximum Gasteiger partial charge on any atom is 0.253 e. The van der Waals surface area contributed by atoms with Crippen LogP contribution in [0.4, 0.5) is 11.5 Å². The summed E-state index contributed by atoms with van der Waals surface area (Å²) in [6.07, 6.45) is 7.76. The number of anilines is 2. The Morgan fingerprint density at radius 2 is 1.72 bits per heavy atom. The topological polar surface area (TPSA) is 75.4 Å². The first-order chi connectivity index (χ1) is 15.6. The van der Waals surface area contributed by atoms with Crippen LogP contribution in [0.1, 0.15) is 46.8 Å². The van der Waals surface area contributed by atoms with Gasteiger partial charge in [-0.15, -0.1) is 0 Å². The zero-order valence-corrected chi connectivity index (χ0v) is 18.5. The van der Waals surface area contributed by atoms with Crippen LogP contribution < -0.4 is 10.6 Å². The van der Waals surface area contributed by atoms with E-state index in [0.717, 1.165) is 67.7 Å². The van der Waals surface area contributed by atoms with Crippen molar-refractivity contribution >= 4 is 17.4 Å². The van der Waals surface area contributed by atoms with Crippen LogP contribution in [0.15, 0.2) is 54.9 Å². The Morgan fingerprint density at radius 3 is 2.41 bits per heavy atom. The first kappa shape index (κ1) is 20.5. The van der Waals surface area contributed by atoms with E-state index in [-0.39, 0.29) is 5.91 Å². The minimum atomic E-state index is 0.152. The molecule has 2 aliphatic heterocycles. The lowest BCUT2D eigenvalue weighted by molar-refractivity contribution is 0.0712. The first-order valence-electron chi connectivity index (χ1n) is 11.4. The van der Waals surface area contributed by atoms with E-state index in [9.17, 15) is 4.79 Å². The third kappa shape index (κ3) is 4.05. The minimum Gasteiger partial charge on any atom is -0.384 e. The number of nitrogens with zero attached hydrogens (tertiary/aromatic N) is 4. The van der Waals surface area contributed by atoms with Crippen LogP contribution in [0.3, 0.4) is 0 Å². The van der Waals surface area contributed by atoms with Crippen molar-refractivity contribution in [1.82, 2.24) is 14.9 Å². The third-order valence-corrected chi connectivity index (χ3v) is 6.78. The molecule has 164 valence electrons. The molecule has 0 unspecified atom stereocenters. The highest BCUT2D eigenvalue weighted by Gasteiger charge is 2.26. The number of benzene rings is 1. The van der Waals surface area contributed by atoms with Gasteiger partial charge >= 0.3 is 0 Å². The van der Waals surface area contributed by atoms with Crippen molar-refractivity contribution in [2.24, 2.45) is 0 Å². The number of rotatable bonds is 3. The lowest BCUT2D eigenvalue weighted by Crippen LogP contribution is -2.38. The van der Waals surface area contributed by atoms with Crippen LogP contribution in [0.2, 0.25) is 0 Å². The predicted molar refractivity (Wildman–Crippen MR) is 128 cm³/mol. The molecule has 0 spiro atoms. The van der Waals surface area contributed by atoms with Gasteiger partial charge in [0.1, 0.15) is 5.82 Å². The number of aromatic nitrogens is 2. The number of hydrogen-bond acceptors (Lipinski definition) is 5. The summed E-state index contributed by atoms with van der Waals surface area (Å²) in [6.45, 7) is 2.62. The zero-order valence-electron chi connectivity index (χ0n) is 18.5. The molecule has 1 aromatic carbocycles. The van der Waals surface area contributed by atoms with Crippen molar-refractivity contribution in [1.29, 1.82) is 0 Å². The minimum absolute atomic E-state index is 0.152. The molecule has 4 heterocycles. The highest BCUT2D eigenvalue weighted by molar-refractivity contribution is 5.95. The van der Waals surface area contributed by atoms with Crippen LogP contribution >= 0.6 is 0 Å². The number of nitrogen functional groups attached to an aromatic ring is 1. The van der Waals surface area contributed by atoms with Crippen molar-refractivity contribution in [2.75, 3.05) is 37.3 Å². The van der Waals surface area contributed by atoms with Gasteiger partial charge in [-0.1, -0.05) is 6.07 Å². The fourth-order valence-corrected chi connectivity index (χ4v) is 4.87. The zero-order chi connectivity index (χ0) is 22.1. The maximum atomic E-state index is 13.1. The van der Waals surface area contributed by atoms with Crippen molar-refractivity contribution in [3.05, 3.63) is 71.7 Å². The molecule has 0 atom stereocenters. The SMILES string of the molecule is CN1CCCc2cc(C(=O)N3CCC(c4ccc(-c5ccc(N)nc5)cn4)CC3)ccc21. The molecule has 1 amide bonds. The average Bonchev–Trinajstić information content (AvgIpc) is 2.84. The van der Waals surface area contributed by atoms with Crippen LogP contribution in [0, 0.1) is 0 Å². The fraction of sp³-hybridized carbons (Fsp3) is 0.346. The van der Waals surface area contributed by atoms with E-state index < -0.39 is 0 Å². The van der Waals surface area contributed by atoms with Gasteiger partial charge in [-0.3, -0.25) is 9.78 Å². The number of nitrogens with two attached hydrogens (primary N) is 1. The van der Waals surface area contributed by atoms with E-state index in [1.54, 1.807) is 12.3 Å². The number of aryl methyl sites for hydroxylation is 1. The lowest BCUT2D eigenvalue weighted by atomic mass is 9.92. The largest absolute Gasteiger partial charge is 0.384 e.